The van der Waals surface area contributed by atoms with Crippen molar-refractivity contribution in [2.75, 3.05) is 12.4 Å². The summed E-state index contributed by atoms with van der Waals surface area (Å²) in [4.78, 5) is 17.2. The molecule has 0 atom stereocenters. The zero-order valence-corrected chi connectivity index (χ0v) is 10.6. The Labute approximate surface area is 109 Å². The van der Waals surface area contributed by atoms with Gasteiger partial charge in [-0.05, 0) is 24.3 Å². The summed E-state index contributed by atoms with van der Waals surface area (Å²) in [5, 5.41) is 6.33. The first-order chi connectivity index (χ1) is 9.04. The number of aryl methyl sites for hydroxylation is 1. The minimum absolute atomic E-state index is 0.227. The van der Waals surface area contributed by atoms with Gasteiger partial charge in [0.15, 0.2) is 5.82 Å². The van der Waals surface area contributed by atoms with Crippen molar-refractivity contribution < 1.29 is 13.7 Å². The lowest BCUT2D eigenvalue weighted by Crippen LogP contribution is -2.31. The van der Waals surface area contributed by atoms with Crippen LogP contribution in [-0.2, 0) is 6.54 Å². The summed E-state index contributed by atoms with van der Waals surface area (Å²) in [5.74, 6) is 0.519. The van der Waals surface area contributed by atoms with Gasteiger partial charge in [-0.1, -0.05) is 5.16 Å². The minimum Gasteiger partial charge on any atom is -0.340 e. The summed E-state index contributed by atoms with van der Waals surface area (Å²) in [5.41, 5.74) is 0.516. The molecule has 1 N–H and O–H groups in total. The summed E-state index contributed by atoms with van der Waals surface area (Å²) in [6, 6.07) is 5.18. The molecule has 0 aliphatic rings. The molecule has 2 rings (SSSR count). The Balaban J connectivity index is 1.94. The van der Waals surface area contributed by atoms with Gasteiger partial charge in [0, 0.05) is 19.7 Å². The van der Waals surface area contributed by atoms with Crippen molar-refractivity contribution in [3.63, 3.8) is 0 Å². The Morgan fingerprint density at radius 3 is 2.68 bits per heavy atom. The molecule has 1 aromatic heterocycles. The molecule has 0 spiro atoms. The van der Waals surface area contributed by atoms with Gasteiger partial charge in [-0.3, -0.25) is 0 Å². The molecule has 19 heavy (non-hydrogen) atoms. The molecule has 2 amide bonds. The molecule has 0 unspecified atom stereocenters. The normalized spacial score (nSPS) is 10.3. The Bertz CT molecular complexity index is 567. The molecule has 100 valence electrons. The fourth-order valence-electron chi connectivity index (χ4n) is 1.44. The summed E-state index contributed by atoms with van der Waals surface area (Å²) in [7, 11) is 1.60. The van der Waals surface area contributed by atoms with Crippen LogP contribution in [0, 0.1) is 12.7 Å². The molecule has 0 bridgehead atoms. The maximum Gasteiger partial charge on any atom is 0.321 e. The molecular weight excluding hydrogens is 251 g/mol. The molecule has 0 fully saturated rings. The molecule has 0 saturated carbocycles. The maximum atomic E-state index is 12.7. The van der Waals surface area contributed by atoms with Crippen LogP contribution >= 0.6 is 0 Å². The van der Waals surface area contributed by atoms with Gasteiger partial charge >= 0.3 is 6.03 Å². The van der Waals surface area contributed by atoms with E-state index in [1.54, 1.807) is 14.0 Å². The van der Waals surface area contributed by atoms with Gasteiger partial charge in [-0.25, -0.2) is 9.18 Å². The van der Waals surface area contributed by atoms with Crippen LogP contribution in [0.5, 0.6) is 0 Å². The highest BCUT2D eigenvalue weighted by molar-refractivity contribution is 5.88. The predicted octanol–water partition coefficient (Wildman–Crippen LogP) is 2.18. The second-order valence-corrected chi connectivity index (χ2v) is 4.02. The number of halogens is 1. The first-order valence-electron chi connectivity index (χ1n) is 5.61. The van der Waals surface area contributed by atoms with E-state index >= 15 is 0 Å². The third-order valence-corrected chi connectivity index (χ3v) is 2.39. The monoisotopic (exact) mass is 264 g/mol. The van der Waals surface area contributed by atoms with Crippen molar-refractivity contribution in [2.24, 2.45) is 0 Å². The van der Waals surface area contributed by atoms with Gasteiger partial charge in [-0.15, -0.1) is 0 Å². The second-order valence-electron chi connectivity index (χ2n) is 4.02. The van der Waals surface area contributed by atoms with Crippen LogP contribution in [0.1, 0.15) is 11.7 Å². The van der Waals surface area contributed by atoms with Crippen LogP contribution in [0.15, 0.2) is 28.8 Å². The van der Waals surface area contributed by atoms with E-state index < -0.39 is 0 Å². The van der Waals surface area contributed by atoms with Gasteiger partial charge in [0.05, 0.1) is 6.54 Å². The Hall–Kier alpha value is -2.44. The van der Waals surface area contributed by atoms with Crippen LogP contribution in [-0.4, -0.2) is 28.1 Å². The number of carbonyl (C=O) groups excluding carboxylic acids is 1. The smallest absolute Gasteiger partial charge is 0.321 e. The van der Waals surface area contributed by atoms with E-state index in [4.69, 9.17) is 4.52 Å². The van der Waals surface area contributed by atoms with E-state index in [0.29, 0.717) is 17.4 Å². The van der Waals surface area contributed by atoms with E-state index in [9.17, 15) is 9.18 Å². The summed E-state index contributed by atoms with van der Waals surface area (Å²) in [6.45, 7) is 1.90. The summed E-state index contributed by atoms with van der Waals surface area (Å²) in [6.07, 6.45) is 0. The van der Waals surface area contributed by atoms with E-state index in [2.05, 4.69) is 15.5 Å². The number of urea groups is 1. The molecule has 0 aliphatic carbocycles. The number of amides is 2. The molecular formula is C12H13FN4O2. The number of benzene rings is 1. The number of aromatic nitrogens is 2. The van der Waals surface area contributed by atoms with E-state index in [1.807, 2.05) is 0 Å². The van der Waals surface area contributed by atoms with Crippen LogP contribution in [0.3, 0.4) is 0 Å². The lowest BCUT2D eigenvalue weighted by Gasteiger charge is -2.15. The van der Waals surface area contributed by atoms with Crippen molar-refractivity contribution >= 4 is 11.7 Å². The topological polar surface area (TPSA) is 71.3 Å². The van der Waals surface area contributed by atoms with Gasteiger partial charge < -0.3 is 14.7 Å². The largest absolute Gasteiger partial charge is 0.340 e. The second kappa shape index (κ2) is 5.47. The summed E-state index contributed by atoms with van der Waals surface area (Å²) >= 11 is 0. The number of hydrogen-bond acceptors (Lipinski definition) is 4. The molecule has 0 radical (unpaired) electrons. The van der Waals surface area contributed by atoms with Crippen LogP contribution in [0.4, 0.5) is 14.9 Å². The number of nitrogens with one attached hydrogen (secondary N) is 1. The number of nitrogens with zero attached hydrogens (tertiary/aromatic N) is 3. The number of hydrogen-bond donors (Lipinski definition) is 1. The average molecular weight is 264 g/mol. The quantitative estimate of drug-likeness (QED) is 0.922. The maximum absolute atomic E-state index is 12.7. The van der Waals surface area contributed by atoms with Gasteiger partial charge in [0.25, 0.3) is 0 Å². The van der Waals surface area contributed by atoms with Crippen molar-refractivity contribution in [1.29, 1.82) is 0 Å². The highest BCUT2D eigenvalue weighted by Gasteiger charge is 2.12. The first kappa shape index (κ1) is 13.0. The highest BCUT2D eigenvalue weighted by Crippen LogP contribution is 2.09. The number of carbonyl (C=O) groups is 1. The Kier molecular flexibility index (Phi) is 3.74. The zero-order chi connectivity index (χ0) is 13.8. The van der Waals surface area contributed by atoms with E-state index in [-0.39, 0.29) is 18.4 Å². The lowest BCUT2D eigenvalue weighted by molar-refractivity contribution is 0.219. The van der Waals surface area contributed by atoms with E-state index in [1.165, 1.54) is 29.2 Å². The standard InChI is InChI=1S/C12H13FN4O2/c1-8-14-11(16-19-8)7-17(2)12(18)15-10-5-3-9(13)4-6-10/h3-6H,7H2,1-2H3,(H,15,18). The molecule has 0 aliphatic heterocycles. The van der Waals surface area contributed by atoms with Crippen LogP contribution in [0.2, 0.25) is 0 Å². The third-order valence-electron chi connectivity index (χ3n) is 2.39. The van der Waals surface area contributed by atoms with E-state index in [0.717, 1.165) is 0 Å². The SMILES string of the molecule is Cc1nc(CN(C)C(=O)Nc2ccc(F)cc2)no1. The van der Waals surface area contributed by atoms with Crippen molar-refractivity contribution in [3.05, 3.63) is 41.8 Å². The first-order valence-corrected chi connectivity index (χ1v) is 5.61. The van der Waals surface area contributed by atoms with Crippen molar-refractivity contribution in [3.8, 4) is 0 Å². The molecule has 0 saturated heterocycles. The molecule has 1 aromatic carbocycles. The third kappa shape index (κ3) is 3.51. The zero-order valence-electron chi connectivity index (χ0n) is 10.6. The fraction of sp³-hybridized carbons (Fsp3) is 0.250. The molecule has 2 aromatic rings. The van der Waals surface area contributed by atoms with Gasteiger partial charge in [0.1, 0.15) is 5.82 Å². The molecule has 7 heteroatoms. The Morgan fingerprint density at radius 1 is 1.42 bits per heavy atom. The van der Waals surface area contributed by atoms with Gasteiger partial charge in [-0.2, -0.15) is 4.98 Å². The van der Waals surface area contributed by atoms with Crippen LogP contribution in [0.25, 0.3) is 0 Å². The molecule has 1 heterocycles. The van der Waals surface area contributed by atoms with Crippen molar-refractivity contribution in [1.82, 2.24) is 15.0 Å². The summed E-state index contributed by atoms with van der Waals surface area (Å²) < 4.78 is 17.5. The predicted molar refractivity (Wildman–Crippen MR) is 65.9 cm³/mol. The highest BCUT2D eigenvalue weighted by atomic mass is 19.1. The number of anilines is 1. The van der Waals surface area contributed by atoms with Crippen molar-refractivity contribution in [2.45, 2.75) is 13.5 Å². The lowest BCUT2D eigenvalue weighted by atomic mass is 10.3. The Morgan fingerprint density at radius 2 is 2.11 bits per heavy atom. The average Bonchev–Trinajstić information content (AvgIpc) is 2.77. The number of rotatable bonds is 3. The minimum atomic E-state index is -0.353. The van der Waals surface area contributed by atoms with Crippen LogP contribution < -0.4 is 5.32 Å². The fourth-order valence-corrected chi connectivity index (χ4v) is 1.44. The molecule has 6 nitrogen and oxygen atoms in total. The van der Waals surface area contributed by atoms with Gasteiger partial charge in [0.2, 0.25) is 5.89 Å².